The Morgan fingerprint density at radius 2 is 1.91 bits per heavy atom. The maximum Gasteiger partial charge on any atom is 0.231 e. The van der Waals surface area contributed by atoms with Crippen molar-refractivity contribution in [2.45, 2.75) is 13.8 Å². The van der Waals surface area contributed by atoms with Crippen molar-refractivity contribution in [3.63, 3.8) is 0 Å². The predicted molar refractivity (Wildman–Crippen MR) is 84.8 cm³/mol. The fraction of sp³-hybridized carbons (Fsp3) is 0.176. The first-order valence-corrected chi connectivity index (χ1v) is 7.09. The van der Waals surface area contributed by atoms with Crippen LogP contribution in [0.25, 0.3) is 11.0 Å². The average molecular weight is 293 g/mol. The van der Waals surface area contributed by atoms with Crippen molar-refractivity contribution in [1.29, 1.82) is 0 Å². The second-order valence-electron chi connectivity index (χ2n) is 5.37. The molecule has 22 heavy (non-hydrogen) atoms. The molecule has 5 heteroatoms. The van der Waals surface area contributed by atoms with Gasteiger partial charge in [0.15, 0.2) is 11.5 Å². The van der Waals surface area contributed by atoms with Crippen LogP contribution >= 0.6 is 0 Å². The number of hydrogen-bond donors (Lipinski definition) is 0. The Kier molecular flexibility index (Phi) is 2.85. The maximum atomic E-state index is 5.37. The van der Waals surface area contributed by atoms with Crippen LogP contribution in [-0.2, 0) is 0 Å². The normalized spacial score (nSPS) is 13.4. The molecule has 0 fully saturated rings. The molecule has 0 saturated heterocycles. The Labute approximate surface area is 127 Å². The van der Waals surface area contributed by atoms with E-state index in [0.717, 1.165) is 28.1 Å². The van der Waals surface area contributed by atoms with Crippen LogP contribution in [0.15, 0.2) is 41.8 Å². The molecule has 0 bridgehead atoms. The molecule has 4 rings (SSSR count). The molecule has 2 aromatic carbocycles. The number of imidazole rings is 1. The summed E-state index contributed by atoms with van der Waals surface area (Å²) in [5, 5.41) is 4.49. The van der Waals surface area contributed by atoms with Crippen LogP contribution in [-0.4, -0.2) is 22.7 Å². The number of rotatable bonds is 2. The van der Waals surface area contributed by atoms with Crippen LogP contribution in [0.4, 0.5) is 0 Å². The van der Waals surface area contributed by atoms with Crippen molar-refractivity contribution >= 4 is 17.2 Å². The monoisotopic (exact) mass is 293 g/mol. The Balaban J connectivity index is 1.70. The smallest absolute Gasteiger partial charge is 0.231 e. The van der Waals surface area contributed by atoms with Crippen LogP contribution in [0.5, 0.6) is 11.5 Å². The summed E-state index contributed by atoms with van der Waals surface area (Å²) in [7, 11) is 0. The molecule has 1 aromatic heterocycles. The molecule has 0 unspecified atom stereocenters. The molecule has 0 aliphatic carbocycles. The van der Waals surface area contributed by atoms with E-state index >= 15 is 0 Å². The third-order valence-corrected chi connectivity index (χ3v) is 3.87. The van der Waals surface area contributed by atoms with Gasteiger partial charge in [0.2, 0.25) is 6.79 Å². The first-order valence-electron chi connectivity index (χ1n) is 7.09. The summed E-state index contributed by atoms with van der Waals surface area (Å²) in [6, 6.07) is 9.95. The minimum atomic E-state index is 0.278. The second kappa shape index (κ2) is 4.87. The standard InChI is InChI=1S/C17H15N3O2/c1-11-5-14-15(6-12(11)2)20(9-18-14)19-8-13-3-4-16-17(7-13)22-10-21-16/h3-9H,10H2,1-2H3. The molecule has 110 valence electrons. The minimum Gasteiger partial charge on any atom is -0.454 e. The summed E-state index contributed by atoms with van der Waals surface area (Å²) < 4.78 is 12.5. The van der Waals surface area contributed by atoms with Gasteiger partial charge < -0.3 is 9.47 Å². The highest BCUT2D eigenvalue weighted by Gasteiger charge is 2.12. The quantitative estimate of drug-likeness (QED) is 0.681. The van der Waals surface area contributed by atoms with Gasteiger partial charge in [-0.15, -0.1) is 0 Å². The Morgan fingerprint density at radius 1 is 1.09 bits per heavy atom. The molecule has 1 aliphatic rings. The summed E-state index contributed by atoms with van der Waals surface area (Å²) in [4.78, 5) is 4.40. The number of hydrogen-bond acceptors (Lipinski definition) is 4. The lowest BCUT2D eigenvalue weighted by Crippen LogP contribution is -1.93. The van der Waals surface area contributed by atoms with Crippen molar-refractivity contribution in [1.82, 2.24) is 9.66 Å². The molecule has 0 spiro atoms. The van der Waals surface area contributed by atoms with Gasteiger partial charge in [-0.2, -0.15) is 5.10 Å². The van der Waals surface area contributed by atoms with E-state index in [0.29, 0.717) is 0 Å². The highest BCUT2D eigenvalue weighted by molar-refractivity contribution is 5.82. The average Bonchev–Trinajstić information content (AvgIpc) is 3.12. The molecule has 5 nitrogen and oxygen atoms in total. The summed E-state index contributed by atoms with van der Waals surface area (Å²) in [5.41, 5.74) is 5.37. The number of benzene rings is 2. The first-order chi connectivity index (χ1) is 10.7. The lowest BCUT2D eigenvalue weighted by Gasteiger charge is -2.01. The van der Waals surface area contributed by atoms with E-state index in [2.05, 4.69) is 36.1 Å². The van der Waals surface area contributed by atoms with Gasteiger partial charge >= 0.3 is 0 Å². The van der Waals surface area contributed by atoms with Crippen molar-refractivity contribution in [2.24, 2.45) is 5.10 Å². The van der Waals surface area contributed by atoms with Crippen LogP contribution in [0.1, 0.15) is 16.7 Å². The van der Waals surface area contributed by atoms with E-state index in [1.807, 2.05) is 18.2 Å². The second-order valence-corrected chi connectivity index (χ2v) is 5.37. The van der Waals surface area contributed by atoms with Crippen LogP contribution in [0.3, 0.4) is 0 Å². The van der Waals surface area contributed by atoms with Gasteiger partial charge in [0.1, 0.15) is 6.33 Å². The Hall–Kier alpha value is -2.82. The van der Waals surface area contributed by atoms with Crippen LogP contribution in [0.2, 0.25) is 0 Å². The molecular formula is C17H15N3O2. The van der Waals surface area contributed by atoms with E-state index in [9.17, 15) is 0 Å². The first kappa shape index (κ1) is 12.9. The van der Waals surface area contributed by atoms with Crippen LogP contribution < -0.4 is 9.47 Å². The van der Waals surface area contributed by atoms with Gasteiger partial charge in [0, 0.05) is 0 Å². The third-order valence-electron chi connectivity index (χ3n) is 3.87. The van der Waals surface area contributed by atoms with Crippen molar-refractivity contribution in [2.75, 3.05) is 6.79 Å². The summed E-state index contributed by atoms with van der Waals surface area (Å²) in [6.07, 6.45) is 3.52. The van der Waals surface area contributed by atoms with Gasteiger partial charge in [-0.3, -0.25) is 0 Å². The molecule has 0 N–H and O–H groups in total. The Morgan fingerprint density at radius 3 is 2.82 bits per heavy atom. The molecule has 1 aliphatic heterocycles. The Bertz CT molecular complexity index is 896. The number of aryl methyl sites for hydroxylation is 2. The van der Waals surface area contributed by atoms with Gasteiger partial charge in [-0.1, -0.05) is 0 Å². The minimum absolute atomic E-state index is 0.278. The number of aromatic nitrogens is 2. The fourth-order valence-electron chi connectivity index (χ4n) is 2.47. The lowest BCUT2D eigenvalue weighted by molar-refractivity contribution is 0.174. The lowest BCUT2D eigenvalue weighted by atomic mass is 10.1. The van der Waals surface area contributed by atoms with Gasteiger partial charge in [0.25, 0.3) is 0 Å². The largest absolute Gasteiger partial charge is 0.454 e. The van der Waals surface area contributed by atoms with E-state index in [-0.39, 0.29) is 6.79 Å². The zero-order chi connectivity index (χ0) is 15.1. The topological polar surface area (TPSA) is 48.6 Å². The molecule has 0 radical (unpaired) electrons. The predicted octanol–water partition coefficient (Wildman–Crippen LogP) is 3.26. The zero-order valence-electron chi connectivity index (χ0n) is 12.4. The van der Waals surface area contributed by atoms with Gasteiger partial charge in [-0.05, 0) is 60.9 Å². The van der Waals surface area contributed by atoms with E-state index in [1.165, 1.54) is 11.1 Å². The molecule has 0 atom stereocenters. The summed E-state index contributed by atoms with van der Waals surface area (Å²) in [6.45, 7) is 4.46. The zero-order valence-corrected chi connectivity index (χ0v) is 12.4. The van der Waals surface area contributed by atoms with Crippen molar-refractivity contribution < 1.29 is 9.47 Å². The SMILES string of the molecule is Cc1cc2ncn(N=Cc3ccc4c(c3)OCO4)c2cc1C. The van der Waals surface area contributed by atoms with E-state index in [1.54, 1.807) is 17.2 Å². The van der Waals surface area contributed by atoms with Crippen LogP contribution in [0, 0.1) is 13.8 Å². The summed E-state index contributed by atoms with van der Waals surface area (Å²) >= 11 is 0. The van der Waals surface area contributed by atoms with E-state index < -0.39 is 0 Å². The maximum absolute atomic E-state index is 5.37. The molecule has 3 aromatic rings. The third kappa shape index (κ3) is 2.11. The molecular weight excluding hydrogens is 278 g/mol. The highest BCUT2D eigenvalue weighted by Crippen LogP contribution is 2.32. The van der Waals surface area contributed by atoms with Gasteiger partial charge in [0.05, 0.1) is 17.2 Å². The number of fused-ring (bicyclic) bond motifs is 2. The number of nitrogens with zero attached hydrogens (tertiary/aromatic N) is 3. The number of ether oxygens (including phenoxy) is 2. The summed E-state index contributed by atoms with van der Waals surface area (Å²) in [5.74, 6) is 1.53. The highest BCUT2D eigenvalue weighted by atomic mass is 16.7. The fourth-order valence-corrected chi connectivity index (χ4v) is 2.47. The molecule has 2 heterocycles. The van der Waals surface area contributed by atoms with Crippen molar-refractivity contribution in [3.8, 4) is 11.5 Å². The van der Waals surface area contributed by atoms with E-state index in [4.69, 9.17) is 9.47 Å². The molecule has 0 amide bonds. The molecule has 0 saturated carbocycles. The van der Waals surface area contributed by atoms with Crippen molar-refractivity contribution in [3.05, 3.63) is 53.3 Å². The van der Waals surface area contributed by atoms with Gasteiger partial charge in [-0.25, -0.2) is 9.66 Å².